The van der Waals surface area contributed by atoms with Crippen LogP contribution >= 0.6 is 0 Å². The molecule has 2 aromatic heterocycles. The van der Waals surface area contributed by atoms with Crippen LogP contribution in [0, 0.1) is 0 Å². The van der Waals surface area contributed by atoms with Crippen molar-refractivity contribution >= 4 is 23.1 Å². The zero-order chi connectivity index (χ0) is 23.8. The molecule has 11 heteroatoms. The summed E-state index contributed by atoms with van der Waals surface area (Å²) in [5.41, 5.74) is -0.613. The SMILES string of the molecule is CC.CN(C)C(=O)c1ncnc(Nc2c(NCc3ccccc3)c(=O)[nH]n(C)c2=O)c1O. The maximum atomic E-state index is 12.7. The minimum absolute atomic E-state index is 0.0274. The van der Waals surface area contributed by atoms with Crippen molar-refractivity contribution in [1.82, 2.24) is 24.6 Å². The molecule has 11 nitrogen and oxygen atoms in total. The third-order valence-electron chi connectivity index (χ3n) is 4.25. The van der Waals surface area contributed by atoms with E-state index >= 15 is 0 Å². The first-order valence-corrected chi connectivity index (χ1v) is 9.93. The number of hydrogen-bond acceptors (Lipinski definition) is 8. The van der Waals surface area contributed by atoms with E-state index in [9.17, 15) is 19.5 Å². The van der Waals surface area contributed by atoms with E-state index in [1.807, 2.05) is 44.2 Å². The first-order chi connectivity index (χ1) is 15.3. The molecule has 0 aliphatic rings. The molecule has 3 aromatic rings. The topological polar surface area (TPSA) is 145 Å². The Labute approximate surface area is 184 Å². The summed E-state index contributed by atoms with van der Waals surface area (Å²) in [4.78, 5) is 46.3. The van der Waals surface area contributed by atoms with Gasteiger partial charge in [-0.25, -0.2) is 9.97 Å². The van der Waals surface area contributed by atoms with Crippen LogP contribution in [0.15, 0.2) is 46.2 Å². The number of aromatic hydroxyl groups is 1. The van der Waals surface area contributed by atoms with Crippen LogP contribution in [-0.2, 0) is 13.6 Å². The third-order valence-corrected chi connectivity index (χ3v) is 4.25. The Hall–Kier alpha value is -4.15. The van der Waals surface area contributed by atoms with Gasteiger partial charge in [-0.1, -0.05) is 44.2 Å². The van der Waals surface area contributed by atoms with E-state index in [1.165, 1.54) is 26.0 Å². The fourth-order valence-electron chi connectivity index (χ4n) is 2.68. The zero-order valence-electron chi connectivity index (χ0n) is 18.6. The number of aryl methyl sites for hydroxylation is 1. The molecule has 0 fully saturated rings. The van der Waals surface area contributed by atoms with Gasteiger partial charge in [0, 0.05) is 27.7 Å². The Morgan fingerprint density at radius 2 is 1.78 bits per heavy atom. The molecule has 0 atom stereocenters. The summed E-state index contributed by atoms with van der Waals surface area (Å²) in [6.07, 6.45) is 1.08. The normalized spacial score (nSPS) is 10.0. The second kappa shape index (κ2) is 10.8. The van der Waals surface area contributed by atoms with Gasteiger partial charge in [-0.15, -0.1) is 0 Å². The maximum Gasteiger partial charge on any atom is 0.290 e. The summed E-state index contributed by atoms with van der Waals surface area (Å²) in [5.74, 6) is -1.26. The highest BCUT2D eigenvalue weighted by molar-refractivity contribution is 5.96. The number of anilines is 3. The molecule has 0 unspecified atom stereocenters. The van der Waals surface area contributed by atoms with Crippen molar-refractivity contribution in [2.45, 2.75) is 20.4 Å². The van der Waals surface area contributed by atoms with E-state index in [-0.39, 0.29) is 29.4 Å². The number of benzene rings is 1. The van der Waals surface area contributed by atoms with E-state index in [1.54, 1.807) is 0 Å². The minimum Gasteiger partial charge on any atom is -0.503 e. The predicted octanol–water partition coefficient (Wildman–Crippen LogP) is 1.65. The fourth-order valence-corrected chi connectivity index (χ4v) is 2.68. The minimum atomic E-state index is -0.566. The number of rotatable bonds is 6. The molecule has 0 radical (unpaired) electrons. The molecule has 1 amide bonds. The number of nitrogens with one attached hydrogen (secondary N) is 3. The molecule has 0 aliphatic heterocycles. The smallest absolute Gasteiger partial charge is 0.290 e. The van der Waals surface area contributed by atoms with Crippen molar-refractivity contribution in [1.29, 1.82) is 0 Å². The number of hydrogen-bond donors (Lipinski definition) is 4. The standard InChI is InChI=1S/C19H21N7O4.C2H6/c1-25(2)18(29)14-15(27)16(22-10-21-14)23-13-12(17(28)24-26(3)19(13)30)20-9-11-7-5-4-6-8-11;1-2/h4-8,10,20,27H,9H2,1-3H3,(H,24,28)(H,21,22,23);1-2H3. The van der Waals surface area contributed by atoms with Crippen LogP contribution < -0.4 is 21.8 Å². The van der Waals surface area contributed by atoms with E-state index in [0.29, 0.717) is 0 Å². The molecule has 32 heavy (non-hydrogen) atoms. The highest BCUT2D eigenvalue weighted by atomic mass is 16.3. The first-order valence-electron chi connectivity index (χ1n) is 9.93. The highest BCUT2D eigenvalue weighted by Crippen LogP contribution is 2.27. The molecule has 0 saturated heterocycles. The summed E-state index contributed by atoms with van der Waals surface area (Å²) in [5, 5.41) is 18.5. The number of nitrogens with zero attached hydrogens (tertiary/aromatic N) is 4. The van der Waals surface area contributed by atoms with Crippen LogP contribution in [0.3, 0.4) is 0 Å². The summed E-state index contributed by atoms with van der Waals surface area (Å²) >= 11 is 0. The van der Waals surface area contributed by atoms with Gasteiger partial charge < -0.3 is 20.6 Å². The Balaban J connectivity index is 0.00000176. The van der Waals surface area contributed by atoms with Gasteiger partial charge in [0.1, 0.15) is 17.7 Å². The molecule has 3 rings (SSSR count). The lowest BCUT2D eigenvalue weighted by Gasteiger charge is -2.15. The average Bonchev–Trinajstić information content (AvgIpc) is 2.79. The van der Waals surface area contributed by atoms with E-state index in [2.05, 4.69) is 25.7 Å². The Kier molecular flexibility index (Phi) is 8.11. The zero-order valence-corrected chi connectivity index (χ0v) is 18.6. The van der Waals surface area contributed by atoms with Crippen molar-refractivity contribution in [3.63, 3.8) is 0 Å². The molecule has 2 heterocycles. The van der Waals surface area contributed by atoms with Crippen molar-refractivity contribution < 1.29 is 9.90 Å². The molecule has 1 aromatic carbocycles. The summed E-state index contributed by atoms with van der Waals surface area (Å²) in [6.45, 7) is 4.28. The predicted molar refractivity (Wildman–Crippen MR) is 122 cm³/mol. The number of carbonyl (C=O) groups excluding carboxylic acids is 1. The van der Waals surface area contributed by atoms with Crippen LogP contribution in [0.1, 0.15) is 29.9 Å². The van der Waals surface area contributed by atoms with Crippen LogP contribution in [0.5, 0.6) is 5.75 Å². The number of aromatic nitrogens is 4. The number of carbonyl (C=O) groups is 1. The van der Waals surface area contributed by atoms with Gasteiger partial charge in [0.15, 0.2) is 17.3 Å². The molecule has 4 N–H and O–H groups in total. The fraction of sp³-hybridized carbons (Fsp3) is 0.286. The van der Waals surface area contributed by atoms with Crippen molar-refractivity contribution in [2.24, 2.45) is 7.05 Å². The van der Waals surface area contributed by atoms with Gasteiger partial charge in [-0.3, -0.25) is 24.2 Å². The van der Waals surface area contributed by atoms with Gasteiger partial charge in [0.2, 0.25) is 0 Å². The van der Waals surface area contributed by atoms with Gasteiger partial charge in [0.25, 0.3) is 17.0 Å². The van der Waals surface area contributed by atoms with Crippen LogP contribution in [0.25, 0.3) is 0 Å². The van der Waals surface area contributed by atoms with Gasteiger partial charge in [-0.05, 0) is 5.56 Å². The molecule has 0 aliphatic carbocycles. The Bertz CT molecular complexity index is 1190. The quantitative estimate of drug-likeness (QED) is 0.452. The van der Waals surface area contributed by atoms with E-state index in [0.717, 1.165) is 16.6 Å². The van der Waals surface area contributed by atoms with Crippen LogP contribution in [0.2, 0.25) is 0 Å². The van der Waals surface area contributed by atoms with E-state index in [4.69, 9.17) is 0 Å². The Morgan fingerprint density at radius 3 is 2.41 bits per heavy atom. The second-order valence-electron chi connectivity index (χ2n) is 6.64. The average molecular weight is 441 g/mol. The number of aromatic amines is 1. The Morgan fingerprint density at radius 1 is 1.12 bits per heavy atom. The van der Waals surface area contributed by atoms with Crippen molar-refractivity contribution in [3.8, 4) is 5.75 Å². The number of H-pyrrole nitrogens is 1. The maximum absolute atomic E-state index is 12.7. The third kappa shape index (κ3) is 5.31. The lowest BCUT2D eigenvalue weighted by atomic mass is 10.2. The molecule has 0 saturated carbocycles. The van der Waals surface area contributed by atoms with Crippen molar-refractivity contribution in [3.05, 3.63) is 68.6 Å². The lowest BCUT2D eigenvalue weighted by molar-refractivity contribution is 0.0818. The van der Waals surface area contributed by atoms with Crippen LogP contribution in [0.4, 0.5) is 17.2 Å². The first kappa shape index (κ1) is 24.1. The molecule has 0 bridgehead atoms. The second-order valence-corrected chi connectivity index (χ2v) is 6.64. The largest absolute Gasteiger partial charge is 0.503 e. The van der Waals surface area contributed by atoms with E-state index < -0.39 is 22.8 Å². The monoisotopic (exact) mass is 441 g/mol. The number of amides is 1. The van der Waals surface area contributed by atoms with Gasteiger partial charge >= 0.3 is 0 Å². The summed E-state index contributed by atoms with van der Waals surface area (Å²) < 4.78 is 1.00. The van der Waals surface area contributed by atoms with Gasteiger partial charge in [-0.2, -0.15) is 0 Å². The lowest BCUT2D eigenvalue weighted by Crippen LogP contribution is -2.32. The molecule has 170 valence electrons. The highest BCUT2D eigenvalue weighted by Gasteiger charge is 2.21. The molecular weight excluding hydrogens is 414 g/mol. The van der Waals surface area contributed by atoms with Crippen molar-refractivity contribution in [2.75, 3.05) is 24.7 Å². The summed E-state index contributed by atoms with van der Waals surface area (Å²) in [7, 11) is 4.40. The molecule has 0 spiro atoms. The van der Waals surface area contributed by atoms with Crippen LogP contribution in [-0.4, -0.2) is 49.8 Å². The van der Waals surface area contributed by atoms with Gasteiger partial charge in [0.05, 0.1) is 0 Å². The molecular formula is C21H27N7O4. The summed E-state index contributed by atoms with van der Waals surface area (Å²) in [6, 6.07) is 9.31.